The van der Waals surface area contributed by atoms with Gasteiger partial charge in [-0.25, -0.2) is 28.6 Å². The molecule has 2 unspecified atom stereocenters. The number of anilines is 1. The highest BCUT2D eigenvalue weighted by Crippen LogP contribution is 2.68. The highest BCUT2D eigenvalue weighted by Gasteiger charge is 2.62. The van der Waals surface area contributed by atoms with Crippen molar-refractivity contribution in [3.8, 4) is 0 Å². The summed E-state index contributed by atoms with van der Waals surface area (Å²) in [5, 5.41) is 49.2. The number of phosphoric ester groups is 3. The average molecular weight is 1200 g/mol. The molecule has 3 heterocycles. The van der Waals surface area contributed by atoms with Crippen molar-refractivity contribution in [2.24, 2.45) is 51.8 Å². The monoisotopic (exact) mass is 1200 g/mol. The molecule has 0 aromatic carbocycles. The first-order valence-corrected chi connectivity index (χ1v) is 31.9. The lowest BCUT2D eigenvalue weighted by atomic mass is 9.45. The molecule has 7 rings (SSSR count). The Morgan fingerprint density at radius 3 is 2.38 bits per heavy atom. The van der Waals surface area contributed by atoms with Crippen LogP contribution in [0.1, 0.15) is 112 Å². The van der Waals surface area contributed by atoms with Gasteiger partial charge in [-0.05, 0) is 97.9 Å². The van der Waals surface area contributed by atoms with Gasteiger partial charge in [0.25, 0.3) is 0 Å². The van der Waals surface area contributed by atoms with Gasteiger partial charge in [-0.2, -0.15) is 4.31 Å². The van der Waals surface area contributed by atoms with Crippen LogP contribution in [0.25, 0.3) is 11.2 Å². The van der Waals surface area contributed by atoms with E-state index in [1.54, 1.807) is 6.92 Å². The van der Waals surface area contributed by atoms with Gasteiger partial charge in [0.15, 0.2) is 28.6 Å². The second-order valence-electron chi connectivity index (χ2n) is 23.0. The van der Waals surface area contributed by atoms with Gasteiger partial charge in [0.1, 0.15) is 36.3 Å². The van der Waals surface area contributed by atoms with Crippen LogP contribution in [0.15, 0.2) is 24.3 Å². The Morgan fingerprint density at radius 1 is 0.962 bits per heavy atom. The van der Waals surface area contributed by atoms with E-state index in [-0.39, 0.29) is 69.9 Å². The Hall–Kier alpha value is -3.11. The summed E-state index contributed by atoms with van der Waals surface area (Å²) in [5.74, 6) is -0.100. The molecule has 17 atom stereocenters. The molecule has 0 spiro atoms. The summed E-state index contributed by atoms with van der Waals surface area (Å²) in [5.41, 5.74) is 5.39. The van der Waals surface area contributed by atoms with Gasteiger partial charge in [0.2, 0.25) is 11.8 Å². The molecule has 1 aliphatic heterocycles. The number of phosphoric acid groups is 3. The van der Waals surface area contributed by atoms with Crippen LogP contribution < -0.4 is 16.4 Å². The fraction of sp³-hybridized carbons (Fsp3) is 0.771. The predicted octanol–water partition coefficient (Wildman–Crippen LogP) is 3.20. The van der Waals surface area contributed by atoms with Gasteiger partial charge in [0, 0.05) is 37.1 Å². The number of aromatic nitrogens is 4. The maximum atomic E-state index is 13.1. The zero-order valence-corrected chi connectivity index (χ0v) is 48.4. The topological polar surface area (TPSA) is 421 Å². The number of carbonyl (C=O) groups is 4. The van der Waals surface area contributed by atoms with Gasteiger partial charge >= 0.3 is 23.5 Å². The number of nitrogens with zero attached hydrogens (tertiary/aromatic N) is 4. The van der Waals surface area contributed by atoms with Gasteiger partial charge in [-0.15, -0.1) is 0 Å². The number of aliphatic hydroxyl groups is 4. The Labute approximate surface area is 461 Å². The van der Waals surface area contributed by atoms with Crippen LogP contribution in [0.3, 0.4) is 0 Å². The standard InChI is InChI=1S/C48H76N7O20P3S/c1-25(29-8-9-30-36-31(12-15-48(29,30)6)47(5)14-11-28(56)19-27(47)20-33(36)58)7-10-32(57)26(2)45(63)79-18-17-50-35(59)13-16-51-43(62)40(61)46(3,4)22-72-78(69,70)75-77(67,68)71-21-34-39(74-76(64,65)66)38(60)44(73-34)55-24-54-37-41(49)52-23-53-42(37)55/h19,23-26,29-34,36,38-40,44,57-58,60-61H,7-18,20-22H2,1-6H3,(H,50,59)(H,51,62)(H,67,68)(H,69,70)(H2,49,52,53)(H2,64,65,66)/t25-,26+,29-,30+,31+,32+,33-,34-,36+,38-,39-,40+,44-,47+,48-/m1/s1. The lowest BCUT2D eigenvalue weighted by Gasteiger charge is -2.60. The highest BCUT2D eigenvalue weighted by atomic mass is 32.2. The van der Waals surface area contributed by atoms with Crippen LogP contribution in [0.2, 0.25) is 0 Å². The molecule has 79 heavy (non-hydrogen) atoms. The average Bonchev–Trinajstić information content (AvgIpc) is 4.08. The van der Waals surface area contributed by atoms with Gasteiger partial charge in [-0.3, -0.25) is 37.3 Å². The first-order chi connectivity index (χ1) is 36.8. The number of aliphatic hydroxyl groups excluding tert-OH is 4. The maximum Gasteiger partial charge on any atom is 0.481 e. The van der Waals surface area contributed by atoms with Crippen molar-refractivity contribution in [2.75, 3.05) is 37.8 Å². The molecular formula is C48H76N7O20P3S. The van der Waals surface area contributed by atoms with Crippen molar-refractivity contribution in [2.45, 2.75) is 149 Å². The summed E-state index contributed by atoms with van der Waals surface area (Å²) < 4.78 is 62.7. The van der Waals surface area contributed by atoms with E-state index in [0.29, 0.717) is 42.9 Å². The number of rotatable bonds is 25. The number of nitrogens with one attached hydrogen (secondary N) is 2. The molecule has 31 heteroatoms. The number of imidazole rings is 1. The number of ether oxygens (including phenoxy) is 1. The number of amides is 2. The quantitative estimate of drug-likeness (QED) is 0.0502. The molecular weight excluding hydrogens is 1120 g/mol. The zero-order chi connectivity index (χ0) is 58.2. The SMILES string of the molecule is C[C@H](CC[C@H](O)[C@H](C)C(=O)SCCNC(=O)CCNC(=O)[C@H](O)C(C)(C)COP(=O)(O)OP(=O)(O)OC[C@H]1O[C@@H](n2cnc3c(N)ncnc32)[C@H](O)[C@@H]1OP(=O)(O)O)[C@H]1CC[C@H]2[C@@H]3[C@H](O)CC4=CC(=O)CC[C@]4(C)[C@H]3CC[C@]12C. The van der Waals surface area contributed by atoms with Crippen LogP contribution in [0.5, 0.6) is 0 Å². The molecule has 0 radical (unpaired) electrons. The number of nitrogen functional groups attached to an aromatic ring is 1. The van der Waals surface area contributed by atoms with Crippen molar-refractivity contribution in [1.82, 2.24) is 30.2 Å². The second-order valence-corrected chi connectivity index (χ2v) is 28.3. The minimum atomic E-state index is -5.61. The van der Waals surface area contributed by atoms with Crippen molar-refractivity contribution < 1.29 is 95.5 Å². The molecule has 5 aliphatic rings. The van der Waals surface area contributed by atoms with E-state index in [1.807, 2.05) is 6.08 Å². The Bertz CT molecular complexity index is 2750. The van der Waals surface area contributed by atoms with E-state index >= 15 is 0 Å². The van der Waals surface area contributed by atoms with Crippen LogP contribution in [0.4, 0.5) is 5.82 Å². The minimum Gasteiger partial charge on any atom is -0.392 e. The number of nitrogens with two attached hydrogens (primary N) is 1. The molecule has 12 N–H and O–H groups in total. The van der Waals surface area contributed by atoms with E-state index in [9.17, 15) is 72.9 Å². The fourth-order valence-corrected chi connectivity index (χ4v) is 16.6. The summed E-state index contributed by atoms with van der Waals surface area (Å²) in [6.07, 6.45) is 0.820. The predicted molar refractivity (Wildman–Crippen MR) is 282 cm³/mol. The molecule has 2 amide bonds. The summed E-state index contributed by atoms with van der Waals surface area (Å²) in [6, 6.07) is 0. The largest absolute Gasteiger partial charge is 0.481 e. The van der Waals surface area contributed by atoms with E-state index in [2.05, 4.69) is 55.2 Å². The Balaban J connectivity index is 0.776. The highest BCUT2D eigenvalue weighted by molar-refractivity contribution is 8.13. The summed E-state index contributed by atoms with van der Waals surface area (Å²) in [6.45, 7) is 8.93. The molecule has 3 saturated carbocycles. The number of hydrogen-bond acceptors (Lipinski definition) is 21. The second kappa shape index (κ2) is 25.0. The summed E-state index contributed by atoms with van der Waals surface area (Å²) in [7, 11) is -16.5. The van der Waals surface area contributed by atoms with Crippen molar-refractivity contribution >= 4 is 74.9 Å². The molecule has 444 valence electrons. The minimum absolute atomic E-state index is 0.0221. The van der Waals surface area contributed by atoms with Gasteiger partial charge in [-0.1, -0.05) is 58.9 Å². The molecule has 2 aromatic heterocycles. The molecule has 0 bridgehead atoms. The third-order valence-electron chi connectivity index (χ3n) is 17.4. The number of ketones is 1. The summed E-state index contributed by atoms with van der Waals surface area (Å²) >= 11 is 0.992. The van der Waals surface area contributed by atoms with E-state index in [1.165, 1.54) is 13.8 Å². The maximum absolute atomic E-state index is 13.1. The van der Waals surface area contributed by atoms with E-state index < -0.39 is 103 Å². The van der Waals surface area contributed by atoms with Gasteiger partial charge < -0.3 is 61.1 Å². The third kappa shape index (κ3) is 14.6. The molecule has 4 aliphatic carbocycles. The summed E-state index contributed by atoms with van der Waals surface area (Å²) in [4.78, 5) is 102. The zero-order valence-electron chi connectivity index (χ0n) is 44.9. The first kappa shape index (κ1) is 63.5. The number of fused-ring (bicyclic) bond motifs is 6. The molecule has 2 aromatic rings. The number of thioether (sulfide) groups is 1. The van der Waals surface area contributed by atoms with Crippen molar-refractivity contribution in [3.05, 3.63) is 24.3 Å². The lowest BCUT2D eigenvalue weighted by Crippen LogP contribution is -2.55. The van der Waals surface area contributed by atoms with Crippen LogP contribution in [0, 0.1) is 51.8 Å². The number of hydrogen-bond donors (Lipinski definition) is 11. The van der Waals surface area contributed by atoms with Crippen molar-refractivity contribution in [1.29, 1.82) is 0 Å². The molecule has 4 fully saturated rings. The molecule has 27 nitrogen and oxygen atoms in total. The van der Waals surface area contributed by atoms with Gasteiger partial charge in [0.05, 0.1) is 37.7 Å². The van der Waals surface area contributed by atoms with Crippen LogP contribution in [-0.4, -0.2) is 151 Å². The molecule has 1 saturated heterocycles. The van der Waals surface area contributed by atoms with E-state index in [0.717, 1.165) is 73.1 Å². The van der Waals surface area contributed by atoms with Crippen LogP contribution >= 0.6 is 35.2 Å². The smallest absolute Gasteiger partial charge is 0.392 e. The van der Waals surface area contributed by atoms with E-state index in [4.69, 9.17) is 19.5 Å². The lowest BCUT2D eigenvalue weighted by molar-refractivity contribution is -0.137. The Kier molecular flexibility index (Phi) is 20.1. The first-order valence-electron chi connectivity index (χ1n) is 26.4. The Morgan fingerprint density at radius 2 is 1.67 bits per heavy atom. The third-order valence-corrected chi connectivity index (χ3v) is 21.5. The number of carbonyl (C=O) groups excluding carboxylic acids is 4. The fourth-order valence-electron chi connectivity index (χ4n) is 13.0. The normalized spacial score (nSPS) is 32.1. The van der Waals surface area contributed by atoms with Crippen LogP contribution in [-0.2, 0) is 55.5 Å². The van der Waals surface area contributed by atoms with Crippen molar-refractivity contribution in [3.63, 3.8) is 0 Å².